The lowest BCUT2D eigenvalue weighted by atomic mass is 10.1. The van der Waals surface area contributed by atoms with Crippen molar-refractivity contribution in [3.8, 4) is 0 Å². The molecule has 2 aliphatic heterocycles. The van der Waals surface area contributed by atoms with E-state index in [1.807, 2.05) is 23.1 Å². The molecule has 0 radical (unpaired) electrons. The number of carbonyl (C=O) groups is 1. The van der Waals surface area contributed by atoms with E-state index in [0.717, 1.165) is 77.6 Å². The van der Waals surface area contributed by atoms with Crippen LogP contribution in [0.15, 0.2) is 60.7 Å². The zero-order valence-corrected chi connectivity index (χ0v) is 18.3. The zero-order valence-electron chi connectivity index (χ0n) is 18.3. The molecular formula is C25H34N4O2. The maximum Gasteiger partial charge on any atom is 0.317 e. The Hall–Kier alpha value is -2.41. The van der Waals surface area contributed by atoms with Crippen molar-refractivity contribution in [1.29, 1.82) is 0 Å². The van der Waals surface area contributed by atoms with Gasteiger partial charge in [-0.25, -0.2) is 4.79 Å². The Labute approximate surface area is 185 Å². The first-order chi connectivity index (χ1) is 15.3. The number of benzene rings is 2. The van der Waals surface area contributed by atoms with Gasteiger partial charge in [0.2, 0.25) is 0 Å². The summed E-state index contributed by atoms with van der Waals surface area (Å²) < 4.78 is 5.49. The highest BCUT2D eigenvalue weighted by Gasteiger charge is 2.24. The maximum atomic E-state index is 13.2. The van der Waals surface area contributed by atoms with E-state index in [0.29, 0.717) is 0 Å². The first-order valence-electron chi connectivity index (χ1n) is 11.4. The third-order valence-electron chi connectivity index (χ3n) is 6.17. The van der Waals surface area contributed by atoms with Gasteiger partial charge in [0.05, 0.1) is 19.3 Å². The molecule has 6 nitrogen and oxygen atoms in total. The Balaban J connectivity index is 1.35. The molecular weight excluding hydrogens is 388 g/mol. The lowest BCUT2D eigenvalue weighted by molar-refractivity contribution is 0.0337. The Morgan fingerprint density at radius 2 is 1.55 bits per heavy atom. The normalized spacial score (nSPS) is 19.5. The van der Waals surface area contributed by atoms with Crippen molar-refractivity contribution in [3.05, 3.63) is 71.8 Å². The number of amides is 2. The molecule has 2 fully saturated rings. The minimum atomic E-state index is -0.0181. The van der Waals surface area contributed by atoms with Crippen LogP contribution in [0.2, 0.25) is 0 Å². The molecule has 2 amide bonds. The summed E-state index contributed by atoms with van der Waals surface area (Å²) in [5.41, 5.74) is 2.48. The lowest BCUT2D eigenvalue weighted by Gasteiger charge is -2.32. The molecule has 1 unspecified atom stereocenters. The van der Waals surface area contributed by atoms with Crippen molar-refractivity contribution in [1.82, 2.24) is 20.0 Å². The number of morpholine rings is 1. The minimum absolute atomic E-state index is 0.0181. The van der Waals surface area contributed by atoms with Gasteiger partial charge < -0.3 is 15.0 Å². The number of nitrogens with zero attached hydrogens (tertiary/aromatic N) is 3. The third kappa shape index (κ3) is 6.53. The van der Waals surface area contributed by atoms with E-state index in [1.54, 1.807) is 0 Å². The second-order valence-electron chi connectivity index (χ2n) is 8.43. The lowest BCUT2D eigenvalue weighted by Crippen LogP contribution is -2.47. The van der Waals surface area contributed by atoms with Crippen LogP contribution in [0.5, 0.6) is 0 Å². The van der Waals surface area contributed by atoms with Crippen molar-refractivity contribution in [2.24, 2.45) is 0 Å². The van der Waals surface area contributed by atoms with Gasteiger partial charge in [0, 0.05) is 52.4 Å². The minimum Gasteiger partial charge on any atom is -0.379 e. The van der Waals surface area contributed by atoms with Crippen molar-refractivity contribution < 1.29 is 9.53 Å². The van der Waals surface area contributed by atoms with Crippen LogP contribution in [0, 0.1) is 0 Å². The van der Waals surface area contributed by atoms with Crippen molar-refractivity contribution >= 4 is 6.03 Å². The molecule has 2 aromatic rings. The summed E-state index contributed by atoms with van der Waals surface area (Å²) in [7, 11) is 0. The molecule has 2 aromatic carbocycles. The van der Waals surface area contributed by atoms with Crippen LogP contribution >= 0.6 is 0 Å². The van der Waals surface area contributed by atoms with Crippen LogP contribution in [0.3, 0.4) is 0 Å². The predicted octanol–water partition coefficient (Wildman–Crippen LogP) is 2.98. The van der Waals surface area contributed by atoms with Crippen LogP contribution in [-0.4, -0.2) is 79.8 Å². The predicted molar refractivity (Wildman–Crippen MR) is 123 cm³/mol. The van der Waals surface area contributed by atoms with Gasteiger partial charge in [0.25, 0.3) is 0 Å². The Bertz CT molecular complexity index is 796. The van der Waals surface area contributed by atoms with E-state index in [1.165, 1.54) is 5.56 Å². The number of rotatable bonds is 6. The van der Waals surface area contributed by atoms with Crippen LogP contribution in [0.4, 0.5) is 4.79 Å². The number of hydrogen-bond acceptors (Lipinski definition) is 4. The molecule has 2 heterocycles. The fourth-order valence-electron chi connectivity index (χ4n) is 4.38. The fourth-order valence-corrected chi connectivity index (χ4v) is 4.38. The monoisotopic (exact) mass is 422 g/mol. The van der Waals surface area contributed by atoms with Crippen LogP contribution in [0.1, 0.15) is 23.6 Å². The summed E-state index contributed by atoms with van der Waals surface area (Å²) >= 11 is 0. The van der Waals surface area contributed by atoms with Crippen LogP contribution < -0.4 is 5.32 Å². The topological polar surface area (TPSA) is 48.1 Å². The third-order valence-corrected chi connectivity index (χ3v) is 6.17. The molecule has 2 saturated heterocycles. The zero-order chi connectivity index (χ0) is 21.3. The highest BCUT2D eigenvalue weighted by Crippen LogP contribution is 2.17. The summed E-state index contributed by atoms with van der Waals surface area (Å²) in [5.74, 6) is 0. The molecule has 0 saturated carbocycles. The standard InChI is InChI=1S/C25H34N4O2/c30-25(29-13-7-12-27(14-15-29)20-22-8-3-1-4-9-22)26-24(23-10-5-2-6-11-23)21-28-16-18-31-19-17-28/h1-6,8-11,24H,7,12-21H2,(H,26,30). The highest BCUT2D eigenvalue weighted by atomic mass is 16.5. The number of hydrogen-bond donors (Lipinski definition) is 1. The second-order valence-corrected chi connectivity index (χ2v) is 8.43. The van der Waals surface area contributed by atoms with E-state index in [2.05, 4.69) is 57.6 Å². The first-order valence-corrected chi connectivity index (χ1v) is 11.4. The molecule has 166 valence electrons. The van der Waals surface area contributed by atoms with E-state index in [4.69, 9.17) is 4.74 Å². The molecule has 0 aromatic heterocycles. The highest BCUT2D eigenvalue weighted by molar-refractivity contribution is 5.74. The summed E-state index contributed by atoms with van der Waals surface area (Å²) in [6.45, 7) is 8.60. The van der Waals surface area contributed by atoms with Gasteiger partial charge in [-0.05, 0) is 17.5 Å². The van der Waals surface area contributed by atoms with Crippen molar-refractivity contribution in [2.45, 2.75) is 19.0 Å². The molecule has 31 heavy (non-hydrogen) atoms. The Kier molecular flexibility index (Phi) is 7.93. The number of ether oxygens (including phenoxy) is 1. The number of urea groups is 1. The van der Waals surface area contributed by atoms with Gasteiger partial charge in [-0.2, -0.15) is 0 Å². The maximum absolute atomic E-state index is 13.2. The van der Waals surface area contributed by atoms with Gasteiger partial charge in [0.1, 0.15) is 0 Å². The van der Waals surface area contributed by atoms with E-state index >= 15 is 0 Å². The first kappa shape index (κ1) is 21.8. The van der Waals surface area contributed by atoms with Gasteiger partial charge in [-0.15, -0.1) is 0 Å². The molecule has 2 aliphatic rings. The average Bonchev–Trinajstić information content (AvgIpc) is 3.06. The molecule has 0 spiro atoms. The molecule has 4 rings (SSSR count). The quantitative estimate of drug-likeness (QED) is 0.778. The van der Waals surface area contributed by atoms with Crippen LogP contribution in [-0.2, 0) is 11.3 Å². The van der Waals surface area contributed by atoms with Gasteiger partial charge >= 0.3 is 6.03 Å². The average molecular weight is 423 g/mol. The van der Waals surface area contributed by atoms with E-state index < -0.39 is 0 Å². The molecule has 1 atom stereocenters. The van der Waals surface area contributed by atoms with Gasteiger partial charge in [0.15, 0.2) is 0 Å². The number of carbonyl (C=O) groups excluding carboxylic acids is 1. The Morgan fingerprint density at radius 3 is 2.29 bits per heavy atom. The van der Waals surface area contributed by atoms with E-state index in [9.17, 15) is 4.79 Å². The summed E-state index contributed by atoms with van der Waals surface area (Å²) in [6, 6.07) is 20.9. The SMILES string of the molecule is O=C(NC(CN1CCOCC1)c1ccccc1)N1CCCN(Cc2ccccc2)CC1. The Morgan fingerprint density at radius 1 is 0.839 bits per heavy atom. The summed E-state index contributed by atoms with van der Waals surface area (Å²) in [6.07, 6.45) is 1.000. The smallest absolute Gasteiger partial charge is 0.317 e. The molecule has 1 N–H and O–H groups in total. The van der Waals surface area contributed by atoms with Crippen molar-refractivity contribution in [2.75, 3.05) is 59.0 Å². The molecule has 0 bridgehead atoms. The van der Waals surface area contributed by atoms with Gasteiger partial charge in [-0.3, -0.25) is 9.80 Å². The summed E-state index contributed by atoms with van der Waals surface area (Å²) in [5, 5.41) is 3.33. The summed E-state index contributed by atoms with van der Waals surface area (Å²) in [4.78, 5) is 20.0. The largest absolute Gasteiger partial charge is 0.379 e. The van der Waals surface area contributed by atoms with Gasteiger partial charge in [-0.1, -0.05) is 60.7 Å². The molecule has 6 heteroatoms. The van der Waals surface area contributed by atoms with Crippen molar-refractivity contribution in [3.63, 3.8) is 0 Å². The molecule has 0 aliphatic carbocycles. The number of nitrogens with one attached hydrogen (secondary N) is 1. The fraction of sp³-hybridized carbons (Fsp3) is 0.480. The second kappa shape index (κ2) is 11.3. The van der Waals surface area contributed by atoms with E-state index in [-0.39, 0.29) is 12.1 Å². The van der Waals surface area contributed by atoms with Crippen LogP contribution in [0.25, 0.3) is 0 Å².